The first-order valence-electron chi connectivity index (χ1n) is 7.39. The van der Waals surface area contributed by atoms with Crippen molar-refractivity contribution in [1.82, 2.24) is 15.5 Å². The summed E-state index contributed by atoms with van der Waals surface area (Å²) in [4.78, 5) is 4.50. The standard InChI is InChI=1S/C14H25N3OS/c1-3-7-19-10-13-16-14(18-17-13)8-11(2)12-5-4-6-15-9-12/h11-12,15H,3-10H2,1-2H3. The first-order chi connectivity index (χ1) is 9.29. The lowest BCUT2D eigenvalue weighted by Gasteiger charge is -2.27. The van der Waals surface area contributed by atoms with Gasteiger partial charge >= 0.3 is 0 Å². The largest absolute Gasteiger partial charge is 0.339 e. The number of aromatic nitrogens is 2. The van der Waals surface area contributed by atoms with E-state index in [1.807, 2.05) is 11.8 Å². The molecule has 1 aliphatic heterocycles. The molecule has 1 saturated heterocycles. The molecule has 1 aromatic rings. The van der Waals surface area contributed by atoms with Crippen molar-refractivity contribution in [3.8, 4) is 0 Å². The Labute approximate surface area is 120 Å². The van der Waals surface area contributed by atoms with Gasteiger partial charge in [-0.3, -0.25) is 0 Å². The Bertz CT molecular complexity index is 363. The van der Waals surface area contributed by atoms with Crippen LogP contribution < -0.4 is 5.32 Å². The van der Waals surface area contributed by atoms with Gasteiger partial charge in [0.15, 0.2) is 5.82 Å². The van der Waals surface area contributed by atoms with Gasteiger partial charge in [-0.15, -0.1) is 0 Å². The normalized spacial score (nSPS) is 21.5. The third-order valence-electron chi connectivity index (χ3n) is 3.73. The maximum absolute atomic E-state index is 5.36. The van der Waals surface area contributed by atoms with E-state index in [1.54, 1.807) is 0 Å². The molecule has 0 aliphatic carbocycles. The van der Waals surface area contributed by atoms with Gasteiger partial charge in [-0.2, -0.15) is 16.7 Å². The summed E-state index contributed by atoms with van der Waals surface area (Å²) in [7, 11) is 0. The van der Waals surface area contributed by atoms with E-state index in [0.717, 1.165) is 42.1 Å². The van der Waals surface area contributed by atoms with Gasteiger partial charge in [0.05, 0.1) is 5.75 Å². The van der Waals surface area contributed by atoms with Crippen LogP contribution in [0.2, 0.25) is 0 Å². The molecule has 0 aromatic carbocycles. The number of piperidine rings is 1. The predicted molar refractivity (Wildman–Crippen MR) is 79.2 cm³/mol. The Kier molecular flexibility index (Phi) is 6.17. The topological polar surface area (TPSA) is 51.0 Å². The minimum Gasteiger partial charge on any atom is -0.339 e. The van der Waals surface area contributed by atoms with Gasteiger partial charge in [0.1, 0.15) is 0 Å². The van der Waals surface area contributed by atoms with Gasteiger partial charge in [-0.25, -0.2) is 0 Å². The monoisotopic (exact) mass is 283 g/mol. The van der Waals surface area contributed by atoms with Gasteiger partial charge in [0.2, 0.25) is 5.89 Å². The molecule has 5 heteroatoms. The Morgan fingerprint density at radius 3 is 3.16 bits per heavy atom. The molecule has 2 heterocycles. The molecule has 2 atom stereocenters. The van der Waals surface area contributed by atoms with Crippen LogP contribution in [0.5, 0.6) is 0 Å². The molecule has 0 bridgehead atoms. The lowest BCUT2D eigenvalue weighted by Crippen LogP contribution is -2.33. The van der Waals surface area contributed by atoms with E-state index in [0.29, 0.717) is 5.92 Å². The van der Waals surface area contributed by atoms with Crippen LogP contribution in [-0.4, -0.2) is 29.0 Å². The van der Waals surface area contributed by atoms with Gasteiger partial charge in [-0.05, 0) is 49.9 Å². The van der Waals surface area contributed by atoms with Crippen molar-refractivity contribution in [3.63, 3.8) is 0 Å². The summed E-state index contributed by atoms with van der Waals surface area (Å²) >= 11 is 1.87. The Balaban J connectivity index is 1.78. The van der Waals surface area contributed by atoms with E-state index in [-0.39, 0.29) is 0 Å². The average molecular weight is 283 g/mol. The second kappa shape index (κ2) is 7.90. The minimum absolute atomic E-state index is 0.615. The molecule has 2 rings (SSSR count). The number of hydrogen-bond donors (Lipinski definition) is 1. The molecular formula is C14H25N3OS. The molecule has 19 heavy (non-hydrogen) atoms. The lowest BCUT2D eigenvalue weighted by atomic mass is 9.85. The van der Waals surface area contributed by atoms with E-state index < -0.39 is 0 Å². The fraction of sp³-hybridized carbons (Fsp3) is 0.857. The maximum atomic E-state index is 5.36. The SMILES string of the molecule is CCCSCc1noc(CC(C)C2CCCNC2)n1. The van der Waals surface area contributed by atoms with Crippen LogP contribution in [0.25, 0.3) is 0 Å². The van der Waals surface area contributed by atoms with Crippen molar-refractivity contribution in [3.05, 3.63) is 11.7 Å². The van der Waals surface area contributed by atoms with Gasteiger partial charge in [0, 0.05) is 6.42 Å². The molecule has 2 unspecified atom stereocenters. The molecule has 108 valence electrons. The van der Waals surface area contributed by atoms with Crippen LogP contribution in [0.4, 0.5) is 0 Å². The molecular weight excluding hydrogens is 258 g/mol. The van der Waals surface area contributed by atoms with Crippen molar-refractivity contribution in [2.75, 3.05) is 18.8 Å². The zero-order valence-electron chi connectivity index (χ0n) is 12.0. The first-order valence-corrected chi connectivity index (χ1v) is 8.55. The third-order valence-corrected chi connectivity index (χ3v) is 4.89. The quantitative estimate of drug-likeness (QED) is 0.780. The number of nitrogens with zero attached hydrogens (tertiary/aromatic N) is 2. The molecule has 1 aromatic heterocycles. The van der Waals surface area contributed by atoms with E-state index >= 15 is 0 Å². The number of rotatable bonds is 7. The van der Waals surface area contributed by atoms with Crippen molar-refractivity contribution >= 4 is 11.8 Å². The van der Waals surface area contributed by atoms with E-state index in [1.165, 1.54) is 25.8 Å². The fourth-order valence-electron chi connectivity index (χ4n) is 2.55. The van der Waals surface area contributed by atoms with Crippen molar-refractivity contribution < 1.29 is 4.52 Å². The fourth-order valence-corrected chi connectivity index (χ4v) is 3.28. The molecule has 0 amide bonds. The minimum atomic E-state index is 0.615. The third kappa shape index (κ3) is 4.80. The van der Waals surface area contributed by atoms with E-state index in [9.17, 15) is 0 Å². The first kappa shape index (κ1) is 14.9. The summed E-state index contributed by atoms with van der Waals surface area (Å²) in [6.45, 7) is 6.79. The van der Waals surface area contributed by atoms with Crippen LogP contribution in [-0.2, 0) is 12.2 Å². The Morgan fingerprint density at radius 1 is 1.53 bits per heavy atom. The van der Waals surface area contributed by atoms with E-state index in [4.69, 9.17) is 4.52 Å². The molecule has 0 radical (unpaired) electrons. The highest BCUT2D eigenvalue weighted by molar-refractivity contribution is 7.98. The summed E-state index contributed by atoms with van der Waals surface area (Å²) in [6.07, 6.45) is 4.72. The number of hydrogen-bond acceptors (Lipinski definition) is 5. The van der Waals surface area contributed by atoms with Crippen molar-refractivity contribution in [2.45, 2.75) is 45.3 Å². The van der Waals surface area contributed by atoms with Crippen LogP contribution in [0.3, 0.4) is 0 Å². The van der Waals surface area contributed by atoms with Crippen LogP contribution in [0, 0.1) is 11.8 Å². The van der Waals surface area contributed by atoms with Gasteiger partial charge in [-0.1, -0.05) is 19.0 Å². The zero-order chi connectivity index (χ0) is 13.5. The summed E-state index contributed by atoms with van der Waals surface area (Å²) < 4.78 is 5.36. The van der Waals surface area contributed by atoms with E-state index in [2.05, 4.69) is 29.3 Å². The highest BCUT2D eigenvalue weighted by Gasteiger charge is 2.22. The van der Waals surface area contributed by atoms with Crippen LogP contribution in [0.1, 0.15) is 44.8 Å². The summed E-state index contributed by atoms with van der Waals surface area (Å²) in [5.74, 6) is 5.06. The molecule has 0 spiro atoms. The Morgan fingerprint density at radius 2 is 2.42 bits per heavy atom. The van der Waals surface area contributed by atoms with Gasteiger partial charge < -0.3 is 9.84 Å². The zero-order valence-corrected chi connectivity index (χ0v) is 12.8. The van der Waals surface area contributed by atoms with Crippen LogP contribution >= 0.6 is 11.8 Å². The van der Waals surface area contributed by atoms with Crippen LogP contribution in [0.15, 0.2) is 4.52 Å². The predicted octanol–water partition coefficient (Wildman–Crippen LogP) is 2.89. The smallest absolute Gasteiger partial charge is 0.226 e. The highest BCUT2D eigenvalue weighted by atomic mass is 32.2. The van der Waals surface area contributed by atoms with Crippen molar-refractivity contribution in [1.29, 1.82) is 0 Å². The highest BCUT2D eigenvalue weighted by Crippen LogP contribution is 2.23. The Hall–Kier alpha value is -0.550. The molecule has 1 fully saturated rings. The second-order valence-electron chi connectivity index (χ2n) is 5.44. The molecule has 4 nitrogen and oxygen atoms in total. The van der Waals surface area contributed by atoms with Crippen molar-refractivity contribution in [2.24, 2.45) is 11.8 Å². The summed E-state index contributed by atoms with van der Waals surface area (Å²) in [5.41, 5.74) is 0. The maximum Gasteiger partial charge on any atom is 0.226 e. The lowest BCUT2D eigenvalue weighted by molar-refractivity contribution is 0.256. The molecule has 1 N–H and O–H groups in total. The second-order valence-corrected chi connectivity index (χ2v) is 6.55. The molecule has 1 aliphatic rings. The number of thioether (sulfide) groups is 1. The summed E-state index contributed by atoms with van der Waals surface area (Å²) in [5, 5.41) is 7.53. The molecule has 0 saturated carbocycles. The van der Waals surface area contributed by atoms with Gasteiger partial charge in [0.25, 0.3) is 0 Å². The average Bonchev–Trinajstić information content (AvgIpc) is 2.88. The number of nitrogens with one attached hydrogen (secondary N) is 1. The summed E-state index contributed by atoms with van der Waals surface area (Å²) in [6, 6.07) is 0.